The number of hydrogen-bond donors (Lipinski definition) is 1. The molecule has 12 heavy (non-hydrogen) atoms. The van der Waals surface area contributed by atoms with E-state index >= 15 is 0 Å². The molecule has 2 N–H and O–H groups in total. The zero-order chi connectivity index (χ0) is 9.19. The molecule has 0 saturated carbocycles. The van der Waals surface area contributed by atoms with Gasteiger partial charge >= 0.3 is 5.97 Å². The SMILES string of the molecule is COC(=O)[C@](C)(N)c1nccs1. The van der Waals surface area contributed by atoms with Crippen LogP contribution in [0.1, 0.15) is 11.9 Å². The minimum absolute atomic E-state index is 0.475. The third-order valence-electron chi connectivity index (χ3n) is 1.49. The summed E-state index contributed by atoms with van der Waals surface area (Å²) in [7, 11) is 1.31. The van der Waals surface area contributed by atoms with Gasteiger partial charge in [0.25, 0.3) is 0 Å². The zero-order valence-electron chi connectivity index (χ0n) is 6.90. The summed E-state index contributed by atoms with van der Waals surface area (Å²) in [6.07, 6.45) is 1.61. The Bertz CT molecular complexity index is 269. The smallest absolute Gasteiger partial charge is 0.332 e. The van der Waals surface area contributed by atoms with Gasteiger partial charge in [-0.2, -0.15) is 0 Å². The number of methoxy groups -OCH3 is 1. The second-order valence-corrected chi connectivity index (χ2v) is 3.43. The summed E-state index contributed by atoms with van der Waals surface area (Å²) >= 11 is 1.34. The van der Waals surface area contributed by atoms with Crippen LogP contribution >= 0.6 is 11.3 Å². The van der Waals surface area contributed by atoms with E-state index in [4.69, 9.17) is 5.73 Å². The van der Waals surface area contributed by atoms with Gasteiger partial charge in [0.2, 0.25) is 0 Å². The predicted molar refractivity (Wildman–Crippen MR) is 45.7 cm³/mol. The molecule has 0 amide bonds. The van der Waals surface area contributed by atoms with E-state index in [0.717, 1.165) is 0 Å². The molecule has 0 spiro atoms. The maximum absolute atomic E-state index is 11.2. The van der Waals surface area contributed by atoms with Crippen molar-refractivity contribution in [2.24, 2.45) is 5.73 Å². The number of ether oxygens (including phenoxy) is 1. The fourth-order valence-corrected chi connectivity index (χ4v) is 1.48. The summed E-state index contributed by atoms with van der Waals surface area (Å²) in [4.78, 5) is 15.1. The van der Waals surface area contributed by atoms with E-state index in [0.29, 0.717) is 5.01 Å². The summed E-state index contributed by atoms with van der Waals surface area (Å²) in [5.41, 5.74) is 4.59. The lowest BCUT2D eigenvalue weighted by Gasteiger charge is -2.17. The molecule has 0 aliphatic rings. The number of carbonyl (C=O) groups is 1. The maximum atomic E-state index is 11.2. The van der Waals surface area contributed by atoms with Crippen molar-refractivity contribution in [3.63, 3.8) is 0 Å². The molecule has 0 bridgehead atoms. The molecule has 5 heteroatoms. The molecule has 0 aliphatic carbocycles. The van der Waals surface area contributed by atoms with E-state index in [-0.39, 0.29) is 0 Å². The maximum Gasteiger partial charge on any atom is 0.332 e. The highest BCUT2D eigenvalue weighted by molar-refractivity contribution is 7.09. The molecule has 0 fully saturated rings. The van der Waals surface area contributed by atoms with Crippen molar-refractivity contribution >= 4 is 17.3 Å². The Morgan fingerprint density at radius 2 is 2.50 bits per heavy atom. The summed E-state index contributed by atoms with van der Waals surface area (Å²) in [6.45, 7) is 1.58. The first-order valence-corrected chi connectivity index (χ1v) is 4.24. The monoisotopic (exact) mass is 186 g/mol. The highest BCUT2D eigenvalue weighted by atomic mass is 32.1. The van der Waals surface area contributed by atoms with Crippen LogP contribution in [0.3, 0.4) is 0 Å². The first kappa shape index (κ1) is 9.15. The van der Waals surface area contributed by atoms with Crippen molar-refractivity contribution < 1.29 is 9.53 Å². The molecular formula is C7H10N2O2S. The third-order valence-corrected chi connectivity index (χ3v) is 2.50. The van der Waals surface area contributed by atoms with Gasteiger partial charge in [-0.1, -0.05) is 0 Å². The standard InChI is InChI=1S/C7H10N2O2S/c1-7(8,6(10)11-2)5-9-3-4-12-5/h3-4H,8H2,1-2H3/t7-/m1/s1. The quantitative estimate of drug-likeness (QED) is 0.683. The molecular weight excluding hydrogens is 176 g/mol. The Kier molecular flexibility index (Phi) is 2.44. The number of nitrogens with two attached hydrogens (primary N) is 1. The van der Waals surface area contributed by atoms with E-state index in [1.54, 1.807) is 18.5 Å². The second-order valence-electron chi connectivity index (χ2n) is 2.53. The van der Waals surface area contributed by atoms with Crippen LogP contribution in [0.4, 0.5) is 0 Å². The Morgan fingerprint density at radius 3 is 2.92 bits per heavy atom. The number of esters is 1. The molecule has 0 aliphatic heterocycles. The first-order chi connectivity index (χ1) is 5.59. The predicted octanol–water partition coefficient (Wildman–Crippen LogP) is 0.490. The lowest BCUT2D eigenvalue weighted by Crippen LogP contribution is -2.42. The van der Waals surface area contributed by atoms with Crippen LogP contribution < -0.4 is 5.73 Å². The van der Waals surface area contributed by atoms with Gasteiger partial charge in [-0.25, -0.2) is 9.78 Å². The summed E-state index contributed by atoms with van der Waals surface area (Å²) < 4.78 is 4.54. The molecule has 1 heterocycles. The highest BCUT2D eigenvalue weighted by Gasteiger charge is 2.34. The van der Waals surface area contributed by atoms with E-state index in [2.05, 4.69) is 9.72 Å². The molecule has 4 nitrogen and oxygen atoms in total. The van der Waals surface area contributed by atoms with Gasteiger partial charge < -0.3 is 10.5 Å². The Hall–Kier alpha value is -0.940. The van der Waals surface area contributed by atoms with Gasteiger partial charge in [-0.3, -0.25) is 0 Å². The van der Waals surface area contributed by atoms with Crippen molar-refractivity contribution in [3.8, 4) is 0 Å². The highest BCUT2D eigenvalue weighted by Crippen LogP contribution is 2.20. The summed E-state index contributed by atoms with van der Waals surface area (Å²) in [5, 5.41) is 2.33. The van der Waals surface area contributed by atoms with Crippen molar-refractivity contribution in [2.45, 2.75) is 12.5 Å². The average Bonchev–Trinajstić information content (AvgIpc) is 2.55. The number of aromatic nitrogens is 1. The summed E-state index contributed by atoms with van der Waals surface area (Å²) in [6, 6.07) is 0. The minimum Gasteiger partial charge on any atom is -0.467 e. The minimum atomic E-state index is -1.12. The van der Waals surface area contributed by atoms with Gasteiger partial charge in [-0.05, 0) is 6.92 Å². The van der Waals surface area contributed by atoms with Crippen LogP contribution in [-0.2, 0) is 15.1 Å². The van der Waals surface area contributed by atoms with Gasteiger partial charge in [0, 0.05) is 11.6 Å². The molecule has 0 saturated heterocycles. The largest absolute Gasteiger partial charge is 0.467 e. The topological polar surface area (TPSA) is 65.2 Å². The number of thiazole rings is 1. The van der Waals surface area contributed by atoms with Crippen LogP contribution in [0.5, 0.6) is 0 Å². The van der Waals surface area contributed by atoms with Crippen molar-refractivity contribution in [1.82, 2.24) is 4.98 Å². The molecule has 0 unspecified atom stereocenters. The molecule has 1 rings (SSSR count). The first-order valence-electron chi connectivity index (χ1n) is 3.36. The molecule has 66 valence electrons. The Morgan fingerprint density at radius 1 is 1.83 bits per heavy atom. The zero-order valence-corrected chi connectivity index (χ0v) is 7.72. The summed E-state index contributed by atoms with van der Waals surface area (Å²) in [5.74, 6) is -0.475. The normalized spacial score (nSPS) is 15.2. The van der Waals surface area contributed by atoms with E-state index in [9.17, 15) is 4.79 Å². The van der Waals surface area contributed by atoms with Gasteiger partial charge in [0.1, 0.15) is 5.01 Å². The van der Waals surface area contributed by atoms with Crippen LogP contribution in [0.15, 0.2) is 11.6 Å². The number of hydrogen-bond acceptors (Lipinski definition) is 5. The molecule has 0 radical (unpaired) electrons. The van der Waals surface area contributed by atoms with Crippen molar-refractivity contribution in [3.05, 3.63) is 16.6 Å². The fourth-order valence-electron chi connectivity index (χ4n) is 0.779. The third kappa shape index (κ3) is 1.46. The molecule has 1 aromatic heterocycles. The number of carbonyl (C=O) groups excluding carboxylic acids is 1. The van der Waals surface area contributed by atoms with E-state index < -0.39 is 11.5 Å². The molecule has 1 atom stereocenters. The fraction of sp³-hybridized carbons (Fsp3) is 0.429. The van der Waals surface area contributed by atoms with Crippen LogP contribution in [0.25, 0.3) is 0 Å². The lowest BCUT2D eigenvalue weighted by molar-refractivity contribution is -0.146. The molecule has 0 aromatic carbocycles. The number of nitrogens with zero attached hydrogens (tertiary/aromatic N) is 1. The van der Waals surface area contributed by atoms with Crippen LogP contribution in [-0.4, -0.2) is 18.1 Å². The van der Waals surface area contributed by atoms with Crippen LogP contribution in [0.2, 0.25) is 0 Å². The van der Waals surface area contributed by atoms with Gasteiger partial charge in [0.15, 0.2) is 5.54 Å². The molecule has 1 aromatic rings. The Balaban J connectivity index is 2.93. The van der Waals surface area contributed by atoms with Gasteiger partial charge in [-0.15, -0.1) is 11.3 Å². The van der Waals surface area contributed by atoms with Gasteiger partial charge in [0.05, 0.1) is 7.11 Å². The lowest BCUT2D eigenvalue weighted by atomic mass is 10.1. The van der Waals surface area contributed by atoms with Crippen molar-refractivity contribution in [1.29, 1.82) is 0 Å². The number of rotatable bonds is 2. The average molecular weight is 186 g/mol. The Labute approximate surface area is 74.4 Å². The second kappa shape index (κ2) is 3.20. The van der Waals surface area contributed by atoms with E-state index in [1.165, 1.54) is 18.4 Å². The van der Waals surface area contributed by atoms with Crippen LogP contribution in [0, 0.1) is 0 Å². The van der Waals surface area contributed by atoms with E-state index in [1.807, 2.05) is 0 Å². The van der Waals surface area contributed by atoms with Crippen molar-refractivity contribution in [2.75, 3.05) is 7.11 Å².